The van der Waals surface area contributed by atoms with Crippen LogP contribution in [0.3, 0.4) is 0 Å². The summed E-state index contributed by atoms with van der Waals surface area (Å²) in [5, 5.41) is 3.55. The molecule has 1 heterocycles. The van der Waals surface area contributed by atoms with Crippen LogP contribution < -0.4 is 5.32 Å². The second kappa shape index (κ2) is 8.97. The van der Waals surface area contributed by atoms with E-state index in [-0.39, 0.29) is 0 Å². The first-order valence-corrected chi connectivity index (χ1v) is 6.79. The van der Waals surface area contributed by atoms with Crippen molar-refractivity contribution in [1.82, 2.24) is 5.32 Å². The molecule has 0 amide bonds. The Kier molecular flexibility index (Phi) is 7.81. The van der Waals surface area contributed by atoms with Crippen LogP contribution in [0.2, 0.25) is 0 Å². The largest absolute Gasteiger partial charge is 0.381 e. The highest BCUT2D eigenvalue weighted by molar-refractivity contribution is 4.64. The third-order valence-electron chi connectivity index (χ3n) is 3.26. The number of hydrogen-bond donors (Lipinski definition) is 1. The Labute approximate surface area is 99.9 Å². The maximum Gasteiger partial charge on any atom is 0.0619 e. The Morgan fingerprint density at radius 2 is 1.94 bits per heavy atom. The highest BCUT2D eigenvalue weighted by Crippen LogP contribution is 2.10. The lowest BCUT2D eigenvalue weighted by molar-refractivity contribution is -0.0322. The van der Waals surface area contributed by atoms with Gasteiger partial charge in [0, 0.05) is 25.9 Å². The number of hydrogen-bond acceptors (Lipinski definition) is 3. The second-order valence-electron chi connectivity index (χ2n) is 4.50. The Hall–Kier alpha value is -0.120. The van der Waals surface area contributed by atoms with Crippen LogP contribution in [0.15, 0.2) is 0 Å². The van der Waals surface area contributed by atoms with Gasteiger partial charge in [0.1, 0.15) is 0 Å². The van der Waals surface area contributed by atoms with Crippen molar-refractivity contribution in [3.05, 3.63) is 0 Å². The van der Waals surface area contributed by atoms with Gasteiger partial charge in [0.15, 0.2) is 0 Å². The molecule has 0 aromatic carbocycles. The van der Waals surface area contributed by atoms with Gasteiger partial charge in [-0.2, -0.15) is 0 Å². The molecule has 0 aromatic rings. The maximum atomic E-state index is 5.81. The number of ether oxygens (including phenoxy) is 2. The monoisotopic (exact) mass is 229 g/mol. The summed E-state index contributed by atoms with van der Waals surface area (Å²) in [7, 11) is 0. The molecular formula is C13H27NO2. The van der Waals surface area contributed by atoms with E-state index in [1.807, 2.05) is 0 Å². The fourth-order valence-corrected chi connectivity index (χ4v) is 2.05. The first kappa shape index (κ1) is 13.9. The minimum atomic E-state index is 0.446. The van der Waals surface area contributed by atoms with E-state index in [2.05, 4.69) is 19.2 Å². The van der Waals surface area contributed by atoms with Crippen molar-refractivity contribution < 1.29 is 9.47 Å². The van der Waals surface area contributed by atoms with Crippen LogP contribution in [-0.4, -0.2) is 38.5 Å². The summed E-state index contributed by atoms with van der Waals surface area (Å²) in [6, 6.07) is 0.683. The molecule has 1 aliphatic heterocycles. The summed E-state index contributed by atoms with van der Waals surface area (Å²) in [5.41, 5.74) is 0. The quantitative estimate of drug-likeness (QED) is 0.648. The standard InChI is InChI=1S/C13H27NO2/c1-3-12(4-2)14-8-5-9-16-13-6-10-15-11-7-13/h12-14H,3-11H2,1-2H3. The molecule has 1 aliphatic rings. The normalized spacial score (nSPS) is 18.2. The maximum absolute atomic E-state index is 5.81. The molecule has 3 heteroatoms. The van der Waals surface area contributed by atoms with Crippen molar-refractivity contribution in [3.63, 3.8) is 0 Å². The van der Waals surface area contributed by atoms with E-state index < -0.39 is 0 Å². The van der Waals surface area contributed by atoms with Gasteiger partial charge in [-0.3, -0.25) is 0 Å². The van der Waals surface area contributed by atoms with Crippen molar-refractivity contribution in [2.45, 2.75) is 58.1 Å². The van der Waals surface area contributed by atoms with Gasteiger partial charge < -0.3 is 14.8 Å². The van der Waals surface area contributed by atoms with E-state index in [1.54, 1.807) is 0 Å². The van der Waals surface area contributed by atoms with E-state index in [4.69, 9.17) is 9.47 Å². The summed E-state index contributed by atoms with van der Waals surface area (Å²) < 4.78 is 11.1. The molecule has 0 spiro atoms. The van der Waals surface area contributed by atoms with Gasteiger partial charge in [-0.25, -0.2) is 0 Å². The minimum Gasteiger partial charge on any atom is -0.381 e. The molecule has 0 saturated carbocycles. The molecule has 0 aromatic heterocycles. The van der Waals surface area contributed by atoms with Gasteiger partial charge in [-0.1, -0.05) is 13.8 Å². The molecule has 1 saturated heterocycles. The van der Waals surface area contributed by atoms with Crippen LogP contribution >= 0.6 is 0 Å². The van der Waals surface area contributed by atoms with Crippen LogP contribution in [0.4, 0.5) is 0 Å². The van der Waals surface area contributed by atoms with Crippen LogP contribution in [0.25, 0.3) is 0 Å². The molecule has 1 rings (SSSR count). The summed E-state index contributed by atoms with van der Waals surface area (Å²) >= 11 is 0. The first-order valence-electron chi connectivity index (χ1n) is 6.79. The van der Waals surface area contributed by atoms with Crippen LogP contribution in [0, 0.1) is 0 Å². The number of nitrogens with one attached hydrogen (secondary N) is 1. The zero-order valence-corrected chi connectivity index (χ0v) is 10.8. The van der Waals surface area contributed by atoms with Gasteiger partial charge in [-0.05, 0) is 38.6 Å². The fourth-order valence-electron chi connectivity index (χ4n) is 2.05. The van der Waals surface area contributed by atoms with Gasteiger partial charge in [0.2, 0.25) is 0 Å². The van der Waals surface area contributed by atoms with Crippen molar-refractivity contribution >= 4 is 0 Å². The van der Waals surface area contributed by atoms with E-state index in [0.717, 1.165) is 45.6 Å². The lowest BCUT2D eigenvalue weighted by Crippen LogP contribution is -2.30. The van der Waals surface area contributed by atoms with Crippen molar-refractivity contribution in [2.75, 3.05) is 26.4 Å². The molecule has 1 fully saturated rings. The smallest absolute Gasteiger partial charge is 0.0619 e. The van der Waals surface area contributed by atoms with Gasteiger partial charge in [-0.15, -0.1) is 0 Å². The van der Waals surface area contributed by atoms with E-state index in [0.29, 0.717) is 12.1 Å². The predicted octanol–water partition coefficient (Wildman–Crippen LogP) is 2.35. The molecule has 0 aliphatic carbocycles. The first-order chi connectivity index (χ1) is 7.86. The van der Waals surface area contributed by atoms with Crippen LogP contribution in [0.5, 0.6) is 0 Å². The molecule has 0 bridgehead atoms. The van der Waals surface area contributed by atoms with Crippen molar-refractivity contribution in [2.24, 2.45) is 0 Å². The number of rotatable bonds is 8. The summed E-state index contributed by atoms with van der Waals surface area (Å²) in [6.45, 7) is 8.18. The van der Waals surface area contributed by atoms with E-state index in [1.165, 1.54) is 12.8 Å². The van der Waals surface area contributed by atoms with Gasteiger partial charge in [0.05, 0.1) is 6.10 Å². The Morgan fingerprint density at radius 3 is 2.56 bits per heavy atom. The molecule has 0 atom stereocenters. The lowest BCUT2D eigenvalue weighted by Gasteiger charge is -2.22. The van der Waals surface area contributed by atoms with Crippen LogP contribution in [-0.2, 0) is 9.47 Å². The van der Waals surface area contributed by atoms with Gasteiger partial charge in [0.25, 0.3) is 0 Å². The second-order valence-corrected chi connectivity index (χ2v) is 4.50. The SMILES string of the molecule is CCC(CC)NCCCOC1CCOCC1. The molecule has 0 unspecified atom stereocenters. The molecule has 16 heavy (non-hydrogen) atoms. The third kappa shape index (κ3) is 5.83. The highest BCUT2D eigenvalue weighted by Gasteiger charge is 2.13. The summed E-state index contributed by atoms with van der Waals surface area (Å²) in [4.78, 5) is 0. The summed E-state index contributed by atoms with van der Waals surface area (Å²) in [6.07, 6.45) is 6.14. The molecule has 0 radical (unpaired) electrons. The highest BCUT2D eigenvalue weighted by atomic mass is 16.5. The third-order valence-corrected chi connectivity index (χ3v) is 3.26. The Balaban J connectivity index is 1.90. The lowest BCUT2D eigenvalue weighted by atomic mass is 10.1. The van der Waals surface area contributed by atoms with Crippen molar-refractivity contribution in [3.8, 4) is 0 Å². The Morgan fingerprint density at radius 1 is 1.25 bits per heavy atom. The zero-order valence-electron chi connectivity index (χ0n) is 10.8. The topological polar surface area (TPSA) is 30.5 Å². The van der Waals surface area contributed by atoms with Crippen molar-refractivity contribution in [1.29, 1.82) is 0 Å². The average molecular weight is 229 g/mol. The predicted molar refractivity (Wildman–Crippen MR) is 66.8 cm³/mol. The molecule has 1 N–H and O–H groups in total. The van der Waals surface area contributed by atoms with E-state index >= 15 is 0 Å². The van der Waals surface area contributed by atoms with Crippen LogP contribution in [0.1, 0.15) is 46.0 Å². The van der Waals surface area contributed by atoms with Gasteiger partial charge >= 0.3 is 0 Å². The molecule has 96 valence electrons. The minimum absolute atomic E-state index is 0.446. The van der Waals surface area contributed by atoms with E-state index in [9.17, 15) is 0 Å². The average Bonchev–Trinajstić information content (AvgIpc) is 2.35. The molecule has 3 nitrogen and oxygen atoms in total. The molecular weight excluding hydrogens is 202 g/mol. The summed E-state index contributed by atoms with van der Waals surface area (Å²) in [5.74, 6) is 0. The fraction of sp³-hybridized carbons (Fsp3) is 1.00. The Bertz CT molecular complexity index is 154. The zero-order chi connectivity index (χ0) is 11.6.